The van der Waals surface area contributed by atoms with E-state index < -0.39 is 42.7 Å². The molecule has 0 radical (unpaired) electrons. The summed E-state index contributed by atoms with van der Waals surface area (Å²) in [4.78, 5) is 48.7. The molecule has 12 nitrogen and oxygen atoms in total. The molecule has 0 spiro atoms. The topological polar surface area (TPSA) is 159 Å². The molecule has 0 amide bonds. The fourth-order valence-electron chi connectivity index (χ4n) is 2.73. The van der Waals surface area contributed by atoms with Crippen LogP contribution in [0.4, 0.5) is 14.4 Å². The Bertz CT molecular complexity index is 981. The molecule has 0 aromatic heterocycles. The molecule has 0 bridgehead atoms. The lowest BCUT2D eigenvalue weighted by Gasteiger charge is -2.19. The van der Waals surface area contributed by atoms with E-state index in [1.807, 2.05) is 27.7 Å². The van der Waals surface area contributed by atoms with E-state index in [-0.39, 0.29) is 42.7 Å². The molecule has 12 heteroatoms. The zero-order valence-corrected chi connectivity index (χ0v) is 24.6. The first-order valence-electron chi connectivity index (χ1n) is 13.4. The Balaban J connectivity index is 2.86. The van der Waals surface area contributed by atoms with Gasteiger partial charge in [-0.1, -0.05) is 33.8 Å². The number of hydrogen-bond donors (Lipinski definition) is 1. The van der Waals surface area contributed by atoms with Crippen LogP contribution in [0.5, 0.6) is 11.5 Å². The maximum Gasteiger partial charge on any atom is 0.514 e. The lowest BCUT2D eigenvalue weighted by molar-refractivity contribution is -0.152. The minimum absolute atomic E-state index is 0.00524. The second-order valence-electron chi connectivity index (χ2n) is 9.84. The molecule has 0 aliphatic carbocycles. The fourth-order valence-corrected chi connectivity index (χ4v) is 2.73. The highest BCUT2D eigenvalue weighted by Crippen LogP contribution is 2.30. The van der Waals surface area contributed by atoms with Crippen molar-refractivity contribution in [3.05, 3.63) is 23.8 Å². The van der Waals surface area contributed by atoms with Crippen molar-refractivity contribution in [1.29, 1.82) is 0 Å². The van der Waals surface area contributed by atoms with E-state index in [0.29, 0.717) is 18.4 Å². The van der Waals surface area contributed by atoms with Crippen molar-refractivity contribution in [2.75, 3.05) is 6.61 Å². The Kier molecular flexibility index (Phi) is 14.8. The second-order valence-corrected chi connectivity index (χ2v) is 9.84. The van der Waals surface area contributed by atoms with Gasteiger partial charge in [0.15, 0.2) is 11.5 Å². The standard InChI is InChI=1S/C28H43NO11/c1-9-17(5)36-27(32)39-23-12-11-21(14-24(23)40-28(33)37-18(6)10-2)13-22(29)25(30)35-19(7)15-34-26(31)38-20(8)16(3)4/h11-12,14,16-20,22H,9-10,13,15,29H2,1-8H3/t17-,18?,19?,20?,22-/m0/s1. The van der Waals surface area contributed by atoms with Gasteiger partial charge in [-0.3, -0.25) is 4.79 Å². The van der Waals surface area contributed by atoms with Crippen LogP contribution in [0.1, 0.15) is 73.8 Å². The van der Waals surface area contributed by atoms with Crippen molar-refractivity contribution in [2.45, 2.75) is 105 Å². The van der Waals surface area contributed by atoms with E-state index in [1.165, 1.54) is 12.1 Å². The van der Waals surface area contributed by atoms with E-state index in [0.717, 1.165) is 0 Å². The van der Waals surface area contributed by atoms with Gasteiger partial charge in [0.2, 0.25) is 0 Å². The third kappa shape index (κ3) is 13.0. The van der Waals surface area contributed by atoms with Crippen LogP contribution in [-0.2, 0) is 34.9 Å². The number of benzene rings is 1. The first-order valence-corrected chi connectivity index (χ1v) is 13.4. The zero-order chi connectivity index (χ0) is 30.4. The molecule has 226 valence electrons. The Labute approximate surface area is 235 Å². The molecule has 40 heavy (non-hydrogen) atoms. The molecule has 0 aliphatic rings. The highest BCUT2D eigenvalue weighted by molar-refractivity contribution is 5.76. The largest absolute Gasteiger partial charge is 0.514 e. The summed E-state index contributed by atoms with van der Waals surface area (Å²) in [6, 6.07) is 3.23. The van der Waals surface area contributed by atoms with Crippen molar-refractivity contribution in [1.82, 2.24) is 0 Å². The van der Waals surface area contributed by atoms with Gasteiger partial charge in [-0.05, 0) is 70.6 Å². The molecular weight excluding hydrogens is 526 g/mol. The van der Waals surface area contributed by atoms with Crippen LogP contribution in [0.25, 0.3) is 0 Å². The van der Waals surface area contributed by atoms with E-state index in [2.05, 4.69) is 0 Å². The van der Waals surface area contributed by atoms with Gasteiger partial charge in [-0.25, -0.2) is 14.4 Å². The van der Waals surface area contributed by atoms with Gasteiger partial charge in [0.25, 0.3) is 0 Å². The Morgan fingerprint density at radius 1 is 0.725 bits per heavy atom. The van der Waals surface area contributed by atoms with Gasteiger partial charge in [-0.2, -0.15) is 0 Å². The van der Waals surface area contributed by atoms with Crippen molar-refractivity contribution < 1.29 is 52.3 Å². The molecule has 1 aromatic carbocycles. The molecule has 0 fully saturated rings. The van der Waals surface area contributed by atoms with Crippen LogP contribution < -0.4 is 15.2 Å². The normalized spacial score (nSPS) is 14.7. The minimum atomic E-state index is -1.10. The van der Waals surface area contributed by atoms with Crippen molar-refractivity contribution in [2.24, 2.45) is 11.7 Å². The first kappa shape index (κ1) is 34.5. The second kappa shape index (κ2) is 17.2. The lowest BCUT2D eigenvalue weighted by Crippen LogP contribution is -2.37. The molecule has 0 aliphatic heterocycles. The summed E-state index contributed by atoms with van der Waals surface area (Å²) in [6.07, 6.45) is -3.56. The molecular formula is C28H43NO11. The molecule has 5 atom stereocenters. The average molecular weight is 570 g/mol. The molecule has 0 saturated carbocycles. The molecule has 1 rings (SSSR count). The summed E-state index contributed by atoms with van der Waals surface area (Å²) >= 11 is 0. The van der Waals surface area contributed by atoms with Gasteiger partial charge in [0.05, 0.1) is 0 Å². The minimum Gasteiger partial charge on any atom is -0.458 e. The molecule has 0 heterocycles. The number of ether oxygens (including phenoxy) is 7. The van der Waals surface area contributed by atoms with E-state index in [9.17, 15) is 19.2 Å². The predicted molar refractivity (Wildman–Crippen MR) is 144 cm³/mol. The van der Waals surface area contributed by atoms with Crippen LogP contribution in [0.3, 0.4) is 0 Å². The van der Waals surface area contributed by atoms with E-state index in [4.69, 9.17) is 38.9 Å². The number of rotatable bonds is 14. The average Bonchev–Trinajstić information content (AvgIpc) is 2.88. The maximum atomic E-state index is 12.5. The third-order valence-electron chi connectivity index (χ3n) is 5.87. The van der Waals surface area contributed by atoms with Crippen LogP contribution in [0.2, 0.25) is 0 Å². The van der Waals surface area contributed by atoms with Crippen molar-refractivity contribution >= 4 is 24.4 Å². The van der Waals surface area contributed by atoms with Crippen LogP contribution in [0.15, 0.2) is 18.2 Å². The van der Waals surface area contributed by atoms with E-state index >= 15 is 0 Å². The van der Waals surface area contributed by atoms with Gasteiger partial charge in [-0.15, -0.1) is 0 Å². The van der Waals surface area contributed by atoms with Crippen LogP contribution >= 0.6 is 0 Å². The van der Waals surface area contributed by atoms with Gasteiger partial charge in [0, 0.05) is 0 Å². The summed E-state index contributed by atoms with van der Waals surface area (Å²) in [6.45, 7) is 14.0. The highest BCUT2D eigenvalue weighted by Gasteiger charge is 2.23. The summed E-state index contributed by atoms with van der Waals surface area (Å²) in [5.74, 6) is -0.824. The van der Waals surface area contributed by atoms with Gasteiger partial charge >= 0.3 is 24.4 Å². The number of carbonyl (C=O) groups is 4. The molecule has 2 N–H and O–H groups in total. The van der Waals surface area contributed by atoms with Crippen LogP contribution in [0, 0.1) is 5.92 Å². The van der Waals surface area contributed by atoms with Gasteiger partial charge < -0.3 is 38.9 Å². The van der Waals surface area contributed by atoms with Crippen molar-refractivity contribution in [3.63, 3.8) is 0 Å². The predicted octanol–water partition coefficient (Wildman–Crippen LogP) is 5.31. The maximum absolute atomic E-state index is 12.5. The fraction of sp³-hybridized carbons (Fsp3) is 0.643. The Hall–Kier alpha value is -3.54. The number of nitrogens with two attached hydrogens (primary N) is 1. The molecule has 1 aromatic rings. The van der Waals surface area contributed by atoms with Crippen molar-refractivity contribution in [3.8, 4) is 11.5 Å². The summed E-state index contributed by atoms with van der Waals surface area (Å²) in [5, 5.41) is 0. The number of carbonyl (C=O) groups excluding carboxylic acids is 4. The third-order valence-corrected chi connectivity index (χ3v) is 5.87. The van der Waals surface area contributed by atoms with Crippen LogP contribution in [-0.4, -0.2) is 61.5 Å². The smallest absolute Gasteiger partial charge is 0.458 e. The first-order chi connectivity index (χ1) is 18.7. The SMILES string of the molecule is CCC(C)OC(=O)Oc1cc(C[C@H](N)C(=O)OC(C)COC(=O)OC(C)C(C)C)ccc1OC(=O)O[C@@H](C)CC. The molecule has 3 unspecified atom stereocenters. The van der Waals surface area contributed by atoms with Gasteiger partial charge in [0.1, 0.15) is 37.1 Å². The monoisotopic (exact) mass is 569 g/mol. The number of esters is 1. The Morgan fingerprint density at radius 2 is 1.27 bits per heavy atom. The highest BCUT2D eigenvalue weighted by atomic mass is 16.8. The number of hydrogen-bond acceptors (Lipinski definition) is 12. The summed E-state index contributed by atoms with van der Waals surface area (Å²) < 4.78 is 36.1. The Morgan fingerprint density at radius 3 is 1.80 bits per heavy atom. The van der Waals surface area contributed by atoms with E-state index in [1.54, 1.807) is 33.8 Å². The zero-order valence-electron chi connectivity index (χ0n) is 24.6. The lowest BCUT2D eigenvalue weighted by atomic mass is 10.1. The quantitative estimate of drug-likeness (QED) is 0.175. The summed E-state index contributed by atoms with van der Waals surface area (Å²) in [5.41, 5.74) is 6.51. The molecule has 0 saturated heterocycles. The summed E-state index contributed by atoms with van der Waals surface area (Å²) in [7, 11) is 0.